The summed E-state index contributed by atoms with van der Waals surface area (Å²) in [5.41, 5.74) is 1.88. The van der Waals surface area contributed by atoms with Gasteiger partial charge in [0.1, 0.15) is 11.3 Å². The molecule has 1 atom stereocenters. The standard InChI is InChI=1S/C19H18N2O5S/c1-4-25-10-5-8-14-12(9-10)20-19(27-14)21-17-11-6-7-13(23-2)16(24-3)15(11)18(22)26-17/h5-9,17H,4H2,1-3H3,(H,20,21)/t17-/m1/s1. The van der Waals surface area contributed by atoms with Crippen LogP contribution in [-0.2, 0) is 4.74 Å². The highest BCUT2D eigenvalue weighted by molar-refractivity contribution is 7.22. The molecule has 3 aromatic rings. The summed E-state index contributed by atoms with van der Waals surface area (Å²) in [5, 5.41) is 3.84. The largest absolute Gasteiger partial charge is 0.494 e. The zero-order valence-electron chi connectivity index (χ0n) is 15.1. The molecule has 0 aliphatic carbocycles. The first kappa shape index (κ1) is 17.4. The molecule has 1 aliphatic heterocycles. The maximum Gasteiger partial charge on any atom is 0.344 e. The van der Waals surface area contributed by atoms with Gasteiger partial charge < -0.3 is 24.3 Å². The lowest BCUT2D eigenvalue weighted by molar-refractivity contribution is 0.0435. The van der Waals surface area contributed by atoms with Gasteiger partial charge in [-0.25, -0.2) is 9.78 Å². The summed E-state index contributed by atoms with van der Waals surface area (Å²) in [4.78, 5) is 16.9. The van der Waals surface area contributed by atoms with E-state index in [-0.39, 0.29) is 0 Å². The number of methoxy groups -OCH3 is 2. The Hall–Kier alpha value is -3.00. The highest BCUT2D eigenvalue weighted by atomic mass is 32.1. The number of esters is 1. The number of ether oxygens (including phenoxy) is 4. The van der Waals surface area contributed by atoms with E-state index < -0.39 is 12.2 Å². The van der Waals surface area contributed by atoms with E-state index in [9.17, 15) is 4.79 Å². The fourth-order valence-electron chi connectivity index (χ4n) is 3.05. The van der Waals surface area contributed by atoms with E-state index in [2.05, 4.69) is 10.3 Å². The van der Waals surface area contributed by atoms with Crippen LogP contribution in [0.15, 0.2) is 30.3 Å². The number of hydrogen-bond donors (Lipinski definition) is 1. The van der Waals surface area contributed by atoms with Crippen LogP contribution in [0.4, 0.5) is 5.13 Å². The smallest absolute Gasteiger partial charge is 0.344 e. The molecule has 4 rings (SSSR count). The zero-order chi connectivity index (χ0) is 19.0. The second-order valence-corrected chi connectivity index (χ2v) is 6.81. The Morgan fingerprint density at radius 1 is 1.22 bits per heavy atom. The van der Waals surface area contributed by atoms with E-state index >= 15 is 0 Å². The third-order valence-corrected chi connectivity index (χ3v) is 5.18. The van der Waals surface area contributed by atoms with Crippen molar-refractivity contribution in [3.63, 3.8) is 0 Å². The van der Waals surface area contributed by atoms with Crippen LogP contribution in [0.5, 0.6) is 17.2 Å². The molecule has 27 heavy (non-hydrogen) atoms. The van der Waals surface area contributed by atoms with Gasteiger partial charge in [0.25, 0.3) is 0 Å². The fraction of sp³-hybridized carbons (Fsp3) is 0.263. The van der Waals surface area contributed by atoms with Crippen LogP contribution < -0.4 is 19.5 Å². The highest BCUT2D eigenvalue weighted by Crippen LogP contribution is 2.42. The average molecular weight is 386 g/mol. The third-order valence-electron chi connectivity index (χ3n) is 4.21. The van der Waals surface area contributed by atoms with E-state index in [4.69, 9.17) is 18.9 Å². The van der Waals surface area contributed by atoms with Gasteiger partial charge in [0.15, 0.2) is 16.6 Å². The minimum Gasteiger partial charge on any atom is -0.494 e. The molecule has 8 heteroatoms. The van der Waals surface area contributed by atoms with Crippen LogP contribution in [0.3, 0.4) is 0 Å². The SMILES string of the molecule is CCOc1ccc2sc(N[C@@H]3OC(=O)c4c3ccc(OC)c4OC)nc2c1. The lowest BCUT2D eigenvalue weighted by Crippen LogP contribution is -2.09. The second-order valence-electron chi connectivity index (χ2n) is 5.78. The number of thiazole rings is 1. The number of nitrogens with one attached hydrogen (secondary N) is 1. The molecule has 0 unspecified atom stereocenters. The van der Waals surface area contributed by atoms with Gasteiger partial charge in [-0.05, 0) is 31.2 Å². The number of cyclic esters (lactones) is 1. The van der Waals surface area contributed by atoms with Crippen LogP contribution in [-0.4, -0.2) is 31.8 Å². The van der Waals surface area contributed by atoms with Gasteiger partial charge in [0.05, 0.1) is 31.0 Å². The minimum absolute atomic E-state index is 0.370. The minimum atomic E-state index is -0.640. The van der Waals surface area contributed by atoms with Crippen LogP contribution in [0, 0.1) is 0 Å². The number of fused-ring (bicyclic) bond motifs is 2. The van der Waals surface area contributed by atoms with Crippen molar-refractivity contribution < 1.29 is 23.7 Å². The Balaban J connectivity index is 1.65. The van der Waals surface area contributed by atoms with Gasteiger partial charge in [0.2, 0.25) is 6.23 Å². The zero-order valence-corrected chi connectivity index (χ0v) is 15.9. The predicted octanol–water partition coefficient (Wildman–Crippen LogP) is 3.99. The molecular formula is C19H18N2O5S. The molecule has 2 aromatic carbocycles. The molecule has 0 spiro atoms. The van der Waals surface area contributed by atoms with E-state index in [1.807, 2.05) is 25.1 Å². The van der Waals surface area contributed by atoms with Gasteiger partial charge >= 0.3 is 5.97 Å². The topological polar surface area (TPSA) is 78.9 Å². The van der Waals surface area contributed by atoms with Crippen molar-refractivity contribution in [3.8, 4) is 17.2 Å². The first-order chi connectivity index (χ1) is 13.1. The molecule has 0 radical (unpaired) electrons. The van der Waals surface area contributed by atoms with Crippen molar-refractivity contribution in [1.82, 2.24) is 4.98 Å². The van der Waals surface area contributed by atoms with E-state index in [0.717, 1.165) is 16.0 Å². The van der Waals surface area contributed by atoms with Crippen LogP contribution in [0.2, 0.25) is 0 Å². The Labute approximate surface area is 159 Å². The Bertz CT molecular complexity index is 1020. The quantitative estimate of drug-likeness (QED) is 0.642. The van der Waals surface area contributed by atoms with Gasteiger partial charge in [-0.2, -0.15) is 0 Å². The highest BCUT2D eigenvalue weighted by Gasteiger charge is 2.36. The molecule has 2 heterocycles. The second kappa shape index (κ2) is 6.96. The molecular weight excluding hydrogens is 368 g/mol. The lowest BCUT2D eigenvalue weighted by Gasteiger charge is -2.13. The van der Waals surface area contributed by atoms with Crippen molar-refractivity contribution in [2.24, 2.45) is 0 Å². The molecule has 1 aliphatic rings. The molecule has 0 bridgehead atoms. The van der Waals surface area contributed by atoms with Crippen molar-refractivity contribution in [1.29, 1.82) is 0 Å². The number of benzene rings is 2. The van der Waals surface area contributed by atoms with E-state index in [0.29, 0.717) is 34.4 Å². The number of carbonyl (C=O) groups excluding carboxylic acids is 1. The summed E-state index contributed by atoms with van der Waals surface area (Å²) >= 11 is 1.48. The van der Waals surface area contributed by atoms with Gasteiger partial charge in [-0.1, -0.05) is 11.3 Å². The van der Waals surface area contributed by atoms with Crippen LogP contribution in [0.1, 0.15) is 29.1 Å². The van der Waals surface area contributed by atoms with Gasteiger partial charge in [-0.3, -0.25) is 0 Å². The monoisotopic (exact) mass is 386 g/mol. The maximum atomic E-state index is 12.4. The van der Waals surface area contributed by atoms with Crippen molar-refractivity contribution >= 4 is 32.7 Å². The number of anilines is 1. The summed E-state index contributed by atoms with van der Waals surface area (Å²) in [6.07, 6.45) is -0.640. The molecule has 0 fully saturated rings. The predicted molar refractivity (Wildman–Crippen MR) is 102 cm³/mol. The molecule has 140 valence electrons. The Morgan fingerprint density at radius 3 is 2.81 bits per heavy atom. The molecule has 7 nitrogen and oxygen atoms in total. The molecule has 1 N–H and O–H groups in total. The summed E-state index contributed by atoms with van der Waals surface area (Å²) in [6.45, 7) is 2.54. The Kier molecular flexibility index (Phi) is 4.49. The van der Waals surface area contributed by atoms with Crippen molar-refractivity contribution in [2.45, 2.75) is 13.2 Å². The molecule has 0 amide bonds. The number of hydrogen-bond acceptors (Lipinski definition) is 8. The van der Waals surface area contributed by atoms with Gasteiger partial charge in [-0.15, -0.1) is 0 Å². The van der Waals surface area contributed by atoms with Crippen LogP contribution in [0.25, 0.3) is 10.2 Å². The number of rotatable bonds is 6. The van der Waals surface area contributed by atoms with E-state index in [1.165, 1.54) is 25.6 Å². The molecule has 0 saturated heterocycles. The first-order valence-corrected chi connectivity index (χ1v) is 9.22. The fourth-order valence-corrected chi connectivity index (χ4v) is 3.91. The summed E-state index contributed by atoms with van der Waals surface area (Å²) in [6, 6.07) is 9.31. The van der Waals surface area contributed by atoms with Crippen LogP contribution >= 0.6 is 11.3 Å². The number of nitrogens with zero attached hydrogens (tertiary/aromatic N) is 1. The summed E-state index contributed by atoms with van der Waals surface area (Å²) < 4.78 is 22.6. The van der Waals surface area contributed by atoms with E-state index in [1.54, 1.807) is 12.1 Å². The lowest BCUT2D eigenvalue weighted by atomic mass is 10.1. The molecule has 0 saturated carbocycles. The normalized spacial score (nSPS) is 15.4. The number of aromatic nitrogens is 1. The number of carbonyl (C=O) groups is 1. The summed E-state index contributed by atoms with van der Waals surface area (Å²) in [5.74, 6) is 1.17. The summed E-state index contributed by atoms with van der Waals surface area (Å²) in [7, 11) is 3.02. The average Bonchev–Trinajstić information content (AvgIpc) is 3.21. The maximum absolute atomic E-state index is 12.4. The molecule has 1 aromatic heterocycles. The first-order valence-electron chi connectivity index (χ1n) is 8.40. The van der Waals surface area contributed by atoms with Crippen molar-refractivity contribution in [2.75, 3.05) is 26.1 Å². The van der Waals surface area contributed by atoms with Crippen molar-refractivity contribution in [3.05, 3.63) is 41.5 Å². The third kappa shape index (κ3) is 3.02. The Morgan fingerprint density at radius 2 is 2.07 bits per heavy atom. The van der Waals surface area contributed by atoms with Gasteiger partial charge in [0, 0.05) is 11.6 Å².